The Morgan fingerprint density at radius 3 is 1.79 bits per heavy atom. The van der Waals surface area contributed by atoms with Crippen LogP contribution in [0.5, 0.6) is 5.75 Å². The zero-order valence-electron chi connectivity index (χ0n) is 23.1. The molecule has 0 saturated heterocycles. The molecule has 0 fully saturated rings. The van der Waals surface area contributed by atoms with Gasteiger partial charge in [-0.3, -0.25) is 4.18 Å². The second-order valence-corrected chi connectivity index (χ2v) is 10.4. The van der Waals surface area contributed by atoms with Gasteiger partial charge in [-0.05, 0) is 24.6 Å². The van der Waals surface area contributed by atoms with Gasteiger partial charge in [0.15, 0.2) is 4.98 Å². The summed E-state index contributed by atoms with van der Waals surface area (Å²) in [5.74, 6) is 0.522. The maximum Gasteiger partial charge on any atom is 0.426 e. The Balaban J connectivity index is 0.000000386. The van der Waals surface area contributed by atoms with Crippen LogP contribution in [0.3, 0.4) is 0 Å². The first-order chi connectivity index (χ1) is 18.4. The topological polar surface area (TPSA) is 116 Å². The molecule has 1 N–H and O–H groups in total. The molecule has 0 aromatic heterocycles. The summed E-state index contributed by atoms with van der Waals surface area (Å²) in [6.45, 7) is 2.28. The van der Waals surface area contributed by atoms with Crippen molar-refractivity contribution in [2.45, 2.75) is 96.8 Å². The van der Waals surface area contributed by atoms with Crippen molar-refractivity contribution in [2.24, 2.45) is 0 Å². The number of anilines is 2. The first-order valence-corrected chi connectivity index (χ1v) is 15.2. The number of diazo groups is 1. The zero-order chi connectivity index (χ0) is 27.9. The number of hydrogen-bond donors (Lipinski definition) is 1. The van der Waals surface area contributed by atoms with E-state index in [0.717, 1.165) is 24.2 Å². The molecule has 0 spiro atoms. The number of unbranched alkanes of at least 4 members (excludes halogenated alkanes) is 13. The van der Waals surface area contributed by atoms with Crippen molar-refractivity contribution >= 4 is 27.5 Å². The van der Waals surface area contributed by atoms with Crippen LogP contribution in [0, 0.1) is 5.39 Å². The van der Waals surface area contributed by atoms with Gasteiger partial charge >= 0.3 is 5.69 Å². The molecule has 0 aliphatic heterocycles. The summed E-state index contributed by atoms with van der Waals surface area (Å²) >= 11 is 0. The smallest absolute Gasteiger partial charge is 0.426 e. The lowest BCUT2D eigenvalue weighted by Gasteiger charge is -2.07. The molecule has 212 valence electrons. The molecule has 2 aromatic carbocycles. The van der Waals surface area contributed by atoms with Crippen molar-refractivity contribution in [1.82, 2.24) is 0 Å². The maximum absolute atomic E-state index is 10.2. The van der Waals surface area contributed by atoms with Crippen LogP contribution in [0.4, 0.5) is 17.1 Å². The Morgan fingerprint density at radius 2 is 1.32 bits per heavy atom. The molecule has 0 aliphatic carbocycles. The van der Waals surface area contributed by atoms with Crippen molar-refractivity contribution in [3.63, 3.8) is 0 Å². The fourth-order valence-corrected chi connectivity index (χ4v) is 4.31. The van der Waals surface area contributed by atoms with Gasteiger partial charge in [-0.2, -0.15) is 0 Å². The largest absolute Gasteiger partial charge is 0.726 e. The van der Waals surface area contributed by atoms with Gasteiger partial charge in [0.1, 0.15) is 0 Å². The van der Waals surface area contributed by atoms with Crippen LogP contribution < -0.4 is 10.1 Å². The Bertz CT molecular complexity index is 1010. The van der Waals surface area contributed by atoms with E-state index in [1.807, 2.05) is 36.4 Å². The summed E-state index contributed by atoms with van der Waals surface area (Å²) < 4.78 is 39.8. The van der Waals surface area contributed by atoms with E-state index in [9.17, 15) is 13.0 Å². The Labute approximate surface area is 229 Å². The molecular formula is C29H45N3O5S. The van der Waals surface area contributed by atoms with Gasteiger partial charge < -0.3 is 14.6 Å². The molecule has 0 saturated carbocycles. The van der Waals surface area contributed by atoms with Crippen LogP contribution in [-0.2, 0) is 14.6 Å². The van der Waals surface area contributed by atoms with Crippen LogP contribution in [-0.4, -0.2) is 26.7 Å². The molecule has 38 heavy (non-hydrogen) atoms. The molecule has 0 heterocycles. The van der Waals surface area contributed by atoms with Crippen LogP contribution in [0.2, 0.25) is 0 Å². The molecule has 0 bridgehead atoms. The minimum atomic E-state index is -4.49. The lowest BCUT2D eigenvalue weighted by Crippen LogP contribution is -2.05. The van der Waals surface area contributed by atoms with Gasteiger partial charge in [0.2, 0.25) is 21.5 Å². The molecule has 0 unspecified atom stereocenters. The summed E-state index contributed by atoms with van der Waals surface area (Å²) in [7, 11) is -2.95. The van der Waals surface area contributed by atoms with E-state index < -0.39 is 10.4 Å². The fourth-order valence-electron chi connectivity index (χ4n) is 3.98. The van der Waals surface area contributed by atoms with Crippen LogP contribution in [0.1, 0.15) is 96.8 Å². The Kier molecular flexibility index (Phi) is 18.7. The number of rotatable bonds is 19. The van der Waals surface area contributed by atoms with Crippen LogP contribution in [0.15, 0.2) is 48.5 Å². The van der Waals surface area contributed by atoms with Crippen molar-refractivity contribution < 1.29 is 21.9 Å². The van der Waals surface area contributed by atoms with E-state index in [0.29, 0.717) is 17.9 Å². The second kappa shape index (κ2) is 21.3. The van der Waals surface area contributed by atoms with Gasteiger partial charge in [0, 0.05) is 23.5 Å². The minimum Gasteiger partial charge on any atom is -0.726 e. The quantitative estimate of drug-likeness (QED) is 0.0807. The first-order valence-electron chi connectivity index (χ1n) is 13.8. The minimum absolute atomic E-state index is 0.0316. The van der Waals surface area contributed by atoms with E-state index in [1.54, 1.807) is 12.1 Å². The zero-order valence-corrected chi connectivity index (χ0v) is 23.9. The lowest BCUT2D eigenvalue weighted by atomic mass is 10.0. The highest BCUT2D eigenvalue weighted by Gasteiger charge is 2.14. The highest BCUT2D eigenvalue weighted by Crippen LogP contribution is 2.31. The first kappa shape index (κ1) is 33.4. The van der Waals surface area contributed by atoms with E-state index in [4.69, 9.17) is 10.1 Å². The maximum atomic E-state index is 10.2. The van der Waals surface area contributed by atoms with Crippen molar-refractivity contribution in [1.29, 1.82) is 5.39 Å². The van der Waals surface area contributed by atoms with E-state index >= 15 is 0 Å². The van der Waals surface area contributed by atoms with Gasteiger partial charge in [-0.25, -0.2) is 8.42 Å². The lowest BCUT2D eigenvalue weighted by molar-refractivity contribution is 0.255. The predicted molar refractivity (Wildman–Crippen MR) is 153 cm³/mol. The SMILES string of the molecule is CCCCCCCCCCCCCCCCOS(=O)(=O)[O-].COc1cc(Nc2ccccc2)ccc1[N+]#N. The van der Waals surface area contributed by atoms with Crippen molar-refractivity contribution in [2.75, 3.05) is 19.0 Å². The number of methoxy groups -OCH3 is 1. The number of para-hydroxylation sites is 1. The van der Waals surface area contributed by atoms with Gasteiger partial charge in [0.25, 0.3) is 0 Å². The molecule has 0 amide bonds. The van der Waals surface area contributed by atoms with Crippen LogP contribution in [0.25, 0.3) is 4.98 Å². The predicted octanol–water partition coefficient (Wildman–Crippen LogP) is 8.87. The fraction of sp³-hybridized carbons (Fsp3) is 0.586. The summed E-state index contributed by atoms with van der Waals surface area (Å²) in [5.41, 5.74) is 2.27. The number of nitrogens with one attached hydrogen (secondary N) is 1. The monoisotopic (exact) mass is 547 g/mol. The molecular weight excluding hydrogens is 502 g/mol. The van der Waals surface area contributed by atoms with Gasteiger partial charge in [-0.15, -0.1) is 0 Å². The molecule has 2 aromatic rings. The molecule has 0 aliphatic rings. The molecule has 8 nitrogen and oxygen atoms in total. The van der Waals surface area contributed by atoms with Crippen molar-refractivity contribution in [3.8, 4) is 5.75 Å². The normalized spacial score (nSPS) is 10.8. The molecule has 2 rings (SSSR count). The summed E-state index contributed by atoms with van der Waals surface area (Å²) in [5, 5.41) is 12.0. The number of nitrogens with zero attached hydrogens (tertiary/aromatic N) is 2. The Morgan fingerprint density at radius 1 is 0.789 bits per heavy atom. The van der Waals surface area contributed by atoms with Gasteiger partial charge in [0.05, 0.1) is 13.7 Å². The summed E-state index contributed by atoms with van der Waals surface area (Å²) in [6.07, 6.45) is 17.4. The summed E-state index contributed by atoms with van der Waals surface area (Å²) in [6, 6.07) is 15.1. The average molecular weight is 548 g/mol. The third-order valence-electron chi connectivity index (χ3n) is 6.08. The summed E-state index contributed by atoms with van der Waals surface area (Å²) in [4.78, 5) is 3.14. The van der Waals surface area contributed by atoms with Crippen LogP contribution >= 0.6 is 0 Å². The number of benzene rings is 2. The third kappa shape index (κ3) is 17.7. The van der Waals surface area contributed by atoms with E-state index in [2.05, 4.69) is 21.4 Å². The second-order valence-electron chi connectivity index (χ2n) is 9.30. The number of ether oxygens (including phenoxy) is 1. The third-order valence-corrected chi connectivity index (χ3v) is 6.53. The molecule has 0 atom stereocenters. The average Bonchev–Trinajstić information content (AvgIpc) is 2.91. The van der Waals surface area contributed by atoms with Crippen molar-refractivity contribution in [3.05, 3.63) is 53.5 Å². The highest BCUT2D eigenvalue weighted by atomic mass is 32.3. The number of hydrogen-bond acceptors (Lipinski definition) is 7. The molecule has 0 radical (unpaired) electrons. The highest BCUT2D eigenvalue weighted by molar-refractivity contribution is 7.80. The molecule has 9 heteroatoms. The standard InChI is InChI=1S/C16H34O4S.C13H12N3O/c1-2-3-4-5-6-7-8-9-10-11-12-13-14-15-16-20-21(17,18)19;1-17-13-9-11(7-8-12(13)16-14)15-10-5-3-2-4-6-10/h2-16H2,1H3,(H,17,18,19);2-9,15H,1H3/q;+1/p-1. The Hall–Kier alpha value is -2.67. The van der Waals surface area contributed by atoms with E-state index in [1.165, 1.54) is 77.7 Å². The van der Waals surface area contributed by atoms with Gasteiger partial charge in [-0.1, -0.05) is 109 Å². The van der Waals surface area contributed by atoms with E-state index in [-0.39, 0.29) is 6.61 Å².